The maximum Gasteiger partial charge on any atom is 0.227 e. The van der Waals surface area contributed by atoms with E-state index in [1.807, 2.05) is 12.3 Å². The van der Waals surface area contributed by atoms with Crippen molar-refractivity contribution in [2.75, 3.05) is 42.9 Å². The Morgan fingerprint density at radius 2 is 1.70 bits per heavy atom. The van der Waals surface area contributed by atoms with Crippen LogP contribution >= 0.6 is 0 Å². The largest absolute Gasteiger partial charge is 0.369 e. The highest BCUT2D eigenvalue weighted by atomic mass is 15.3. The van der Waals surface area contributed by atoms with Crippen LogP contribution in [-0.4, -0.2) is 57.8 Å². The van der Waals surface area contributed by atoms with Crippen LogP contribution in [0.1, 0.15) is 12.5 Å². The minimum atomic E-state index is 0.563. The van der Waals surface area contributed by atoms with Gasteiger partial charge in [-0.3, -0.25) is 5.10 Å². The van der Waals surface area contributed by atoms with Crippen LogP contribution < -0.4 is 10.2 Å². The fraction of sp³-hybridized carbons (Fsp3) is 0.269. The summed E-state index contributed by atoms with van der Waals surface area (Å²) in [7, 11) is 0. The lowest BCUT2D eigenvalue weighted by molar-refractivity contribution is 0.271. The third-order valence-electron chi connectivity index (χ3n) is 6.20. The summed E-state index contributed by atoms with van der Waals surface area (Å²) < 4.78 is 0. The van der Waals surface area contributed by atoms with E-state index in [1.54, 1.807) is 6.20 Å². The van der Waals surface area contributed by atoms with E-state index in [1.165, 1.54) is 11.3 Å². The van der Waals surface area contributed by atoms with Gasteiger partial charge in [-0.05, 0) is 43.8 Å². The van der Waals surface area contributed by atoms with Crippen molar-refractivity contribution < 1.29 is 0 Å². The number of aromatic nitrogens is 4. The lowest BCUT2D eigenvalue weighted by Gasteiger charge is -2.35. The van der Waals surface area contributed by atoms with Crippen molar-refractivity contribution in [1.82, 2.24) is 25.1 Å². The number of piperazine rings is 1. The normalized spacial score (nSPS) is 14.4. The summed E-state index contributed by atoms with van der Waals surface area (Å²) in [5.41, 5.74) is 7.15. The highest BCUT2D eigenvalue weighted by Gasteiger charge is 2.16. The fourth-order valence-corrected chi connectivity index (χ4v) is 4.19. The van der Waals surface area contributed by atoms with Gasteiger partial charge in [0.2, 0.25) is 5.95 Å². The van der Waals surface area contributed by atoms with Gasteiger partial charge in [0.15, 0.2) is 0 Å². The lowest BCUT2D eigenvalue weighted by Crippen LogP contribution is -2.46. The molecule has 0 spiro atoms. The minimum absolute atomic E-state index is 0.563. The van der Waals surface area contributed by atoms with E-state index in [0.29, 0.717) is 5.95 Å². The molecule has 2 aromatic heterocycles. The third kappa shape index (κ3) is 4.73. The highest BCUT2D eigenvalue weighted by molar-refractivity contribution is 5.79. The minimum Gasteiger partial charge on any atom is -0.369 e. The summed E-state index contributed by atoms with van der Waals surface area (Å²) in [5.74, 6) is 0.563. The molecule has 33 heavy (non-hydrogen) atoms. The number of rotatable bonds is 6. The van der Waals surface area contributed by atoms with E-state index in [0.717, 1.165) is 60.9 Å². The summed E-state index contributed by atoms with van der Waals surface area (Å²) in [5, 5.41) is 10.8. The van der Waals surface area contributed by atoms with Gasteiger partial charge in [-0.15, -0.1) is 0 Å². The van der Waals surface area contributed by atoms with Gasteiger partial charge in [0, 0.05) is 61.1 Å². The second-order valence-electron chi connectivity index (χ2n) is 8.37. The van der Waals surface area contributed by atoms with Gasteiger partial charge in [-0.2, -0.15) is 5.10 Å². The molecule has 2 aromatic carbocycles. The second-order valence-corrected chi connectivity index (χ2v) is 8.37. The zero-order valence-electron chi connectivity index (χ0n) is 19.1. The van der Waals surface area contributed by atoms with Crippen molar-refractivity contribution in [3.05, 3.63) is 72.6 Å². The number of nitrogens with zero attached hydrogens (tertiary/aromatic N) is 5. The van der Waals surface area contributed by atoms with E-state index in [4.69, 9.17) is 4.98 Å². The van der Waals surface area contributed by atoms with Gasteiger partial charge in [0.05, 0.1) is 5.69 Å². The van der Waals surface area contributed by atoms with Crippen LogP contribution in [0.4, 0.5) is 17.3 Å². The standard InChI is InChI=1S/C26H29N7/c1-3-32-14-16-33(17-15-32)22-10-8-21(9-11-22)29-26-27-13-12-24(30-26)23-18-28-31-25(23)20-6-4-19(2)5-7-20/h4-13,18H,3,14-17H2,1-2H3,(H,28,31)(H,27,29,30). The van der Waals surface area contributed by atoms with Gasteiger partial charge in [-0.1, -0.05) is 36.8 Å². The monoisotopic (exact) mass is 439 g/mol. The summed E-state index contributed by atoms with van der Waals surface area (Å²) in [6.45, 7) is 9.81. The first kappa shape index (κ1) is 21.2. The average molecular weight is 440 g/mol. The molecule has 0 radical (unpaired) electrons. The predicted molar refractivity (Wildman–Crippen MR) is 134 cm³/mol. The van der Waals surface area contributed by atoms with Gasteiger partial charge in [0.25, 0.3) is 0 Å². The Hall–Kier alpha value is -3.71. The van der Waals surface area contributed by atoms with Crippen molar-refractivity contribution in [3.63, 3.8) is 0 Å². The number of aromatic amines is 1. The Balaban J connectivity index is 1.31. The molecule has 5 rings (SSSR count). The van der Waals surface area contributed by atoms with Crippen LogP contribution in [0.5, 0.6) is 0 Å². The number of anilines is 3. The quantitative estimate of drug-likeness (QED) is 0.453. The molecule has 7 heteroatoms. The number of hydrogen-bond acceptors (Lipinski definition) is 6. The molecule has 0 bridgehead atoms. The average Bonchev–Trinajstić information content (AvgIpc) is 3.35. The molecule has 0 unspecified atom stereocenters. The second kappa shape index (κ2) is 9.42. The van der Waals surface area contributed by atoms with E-state index < -0.39 is 0 Å². The maximum absolute atomic E-state index is 4.75. The van der Waals surface area contributed by atoms with E-state index in [-0.39, 0.29) is 0 Å². The molecule has 0 atom stereocenters. The molecule has 7 nitrogen and oxygen atoms in total. The van der Waals surface area contributed by atoms with Crippen molar-refractivity contribution in [3.8, 4) is 22.5 Å². The molecule has 1 fully saturated rings. The summed E-state index contributed by atoms with van der Waals surface area (Å²) in [4.78, 5) is 14.1. The number of aryl methyl sites for hydroxylation is 1. The molecule has 3 heterocycles. The Labute approximate surface area is 194 Å². The molecule has 168 valence electrons. The van der Waals surface area contributed by atoms with Gasteiger partial charge >= 0.3 is 0 Å². The van der Waals surface area contributed by atoms with Crippen molar-refractivity contribution in [2.45, 2.75) is 13.8 Å². The van der Waals surface area contributed by atoms with Crippen LogP contribution in [0, 0.1) is 6.92 Å². The molecule has 0 saturated carbocycles. The molecule has 0 amide bonds. The zero-order chi connectivity index (χ0) is 22.6. The van der Waals surface area contributed by atoms with Gasteiger partial charge in [-0.25, -0.2) is 9.97 Å². The summed E-state index contributed by atoms with van der Waals surface area (Å²) >= 11 is 0. The topological polar surface area (TPSA) is 73.0 Å². The number of benzene rings is 2. The number of H-pyrrole nitrogens is 1. The number of hydrogen-bond donors (Lipinski definition) is 2. The molecule has 1 aliphatic rings. The zero-order valence-corrected chi connectivity index (χ0v) is 19.1. The van der Waals surface area contributed by atoms with E-state index in [9.17, 15) is 0 Å². The lowest BCUT2D eigenvalue weighted by atomic mass is 10.0. The van der Waals surface area contributed by atoms with Crippen molar-refractivity contribution >= 4 is 17.3 Å². The first-order chi connectivity index (χ1) is 16.2. The molecular formula is C26H29N7. The van der Waals surface area contributed by atoms with E-state index in [2.05, 4.69) is 92.7 Å². The maximum atomic E-state index is 4.75. The Morgan fingerprint density at radius 3 is 2.42 bits per heavy atom. The Morgan fingerprint density at radius 1 is 0.939 bits per heavy atom. The van der Waals surface area contributed by atoms with Crippen LogP contribution in [0.3, 0.4) is 0 Å². The smallest absolute Gasteiger partial charge is 0.227 e. The molecular weight excluding hydrogens is 410 g/mol. The third-order valence-corrected chi connectivity index (χ3v) is 6.20. The van der Waals surface area contributed by atoms with Gasteiger partial charge in [0.1, 0.15) is 5.69 Å². The molecule has 4 aromatic rings. The Kier molecular flexibility index (Phi) is 6.04. The number of nitrogens with one attached hydrogen (secondary N) is 2. The fourth-order valence-electron chi connectivity index (χ4n) is 4.19. The Bertz CT molecular complexity index is 1190. The molecule has 2 N–H and O–H groups in total. The highest BCUT2D eigenvalue weighted by Crippen LogP contribution is 2.30. The van der Waals surface area contributed by atoms with Crippen LogP contribution in [0.2, 0.25) is 0 Å². The van der Waals surface area contributed by atoms with Gasteiger partial charge < -0.3 is 15.1 Å². The molecule has 0 aliphatic carbocycles. The summed E-state index contributed by atoms with van der Waals surface area (Å²) in [6.07, 6.45) is 3.66. The first-order valence-electron chi connectivity index (χ1n) is 11.5. The molecule has 1 aliphatic heterocycles. The van der Waals surface area contributed by atoms with Crippen molar-refractivity contribution in [1.29, 1.82) is 0 Å². The SMILES string of the molecule is CCN1CCN(c2ccc(Nc3nccc(-c4c[nH]nc4-c4ccc(C)cc4)n3)cc2)CC1. The van der Waals surface area contributed by atoms with Crippen LogP contribution in [0.25, 0.3) is 22.5 Å². The number of likely N-dealkylation sites (N-methyl/N-ethyl adjacent to an activating group) is 1. The van der Waals surface area contributed by atoms with Crippen LogP contribution in [0.15, 0.2) is 67.0 Å². The predicted octanol–water partition coefficient (Wildman–Crippen LogP) is 4.73. The van der Waals surface area contributed by atoms with E-state index >= 15 is 0 Å². The van der Waals surface area contributed by atoms with Crippen molar-refractivity contribution in [2.24, 2.45) is 0 Å². The molecule has 1 saturated heterocycles. The first-order valence-corrected chi connectivity index (χ1v) is 11.5. The van der Waals surface area contributed by atoms with Crippen LogP contribution in [-0.2, 0) is 0 Å². The summed E-state index contributed by atoms with van der Waals surface area (Å²) in [6, 6.07) is 18.8.